The van der Waals surface area contributed by atoms with Crippen molar-refractivity contribution in [3.8, 4) is 23.3 Å². The molecule has 0 bridgehead atoms. The van der Waals surface area contributed by atoms with Gasteiger partial charge in [-0.3, -0.25) is 0 Å². The maximum atomic E-state index is 3.58. The lowest BCUT2D eigenvalue weighted by molar-refractivity contribution is 0.760. The van der Waals surface area contributed by atoms with Crippen LogP contribution >= 0.6 is 11.3 Å². The molecule has 0 aliphatic rings. The molecule has 0 radical (unpaired) electrons. The van der Waals surface area contributed by atoms with Gasteiger partial charge >= 0.3 is 0 Å². The largest absolute Gasteiger partial charge is 0.129 e. The third kappa shape index (κ3) is 7.06. The van der Waals surface area contributed by atoms with E-state index in [9.17, 15) is 0 Å². The molecule has 0 fully saturated rings. The summed E-state index contributed by atoms with van der Waals surface area (Å²) >= 11 is 1.82. The van der Waals surface area contributed by atoms with Crippen molar-refractivity contribution in [2.45, 2.75) is 72.0 Å². The maximum absolute atomic E-state index is 3.58. The fraction of sp³-hybridized carbons (Fsp3) is 0.440. The van der Waals surface area contributed by atoms with Crippen LogP contribution in [-0.2, 0) is 12.8 Å². The number of rotatable bonds is 6. The molecule has 1 aromatic heterocycles. The summed E-state index contributed by atoms with van der Waals surface area (Å²) in [6.07, 6.45) is 7.13. The van der Waals surface area contributed by atoms with Gasteiger partial charge in [0, 0.05) is 5.56 Å². The van der Waals surface area contributed by atoms with Crippen molar-refractivity contribution in [1.29, 1.82) is 0 Å². The van der Waals surface area contributed by atoms with Crippen LogP contribution in [0, 0.1) is 23.3 Å². The molecule has 0 saturated carbocycles. The highest BCUT2D eigenvalue weighted by Gasteiger charge is 2.16. The fourth-order valence-electron chi connectivity index (χ4n) is 2.83. The molecular weight excluding hydrogens is 360 g/mol. The van der Waals surface area contributed by atoms with Crippen molar-refractivity contribution in [3.63, 3.8) is 0 Å². The molecule has 0 aliphatic heterocycles. The Morgan fingerprint density at radius 1 is 0.778 bits per heavy atom. The summed E-state index contributed by atoms with van der Waals surface area (Å²) in [5.41, 5.74) is 7.61. The van der Waals surface area contributed by atoms with Gasteiger partial charge in [-0.2, -0.15) is 0 Å². The van der Waals surface area contributed by atoms with Gasteiger partial charge < -0.3 is 0 Å². The van der Waals surface area contributed by atoms with Crippen molar-refractivity contribution >= 4 is 19.4 Å². The van der Waals surface area contributed by atoms with E-state index in [2.05, 4.69) is 68.9 Å². The molecule has 2 aromatic rings. The Balaban J connectivity index is 2.50. The van der Waals surface area contributed by atoms with Gasteiger partial charge in [-0.15, -0.1) is 16.9 Å². The molecule has 2 heteroatoms. The van der Waals surface area contributed by atoms with E-state index < -0.39 is 8.07 Å². The van der Waals surface area contributed by atoms with E-state index in [0.717, 1.165) is 18.4 Å². The summed E-state index contributed by atoms with van der Waals surface area (Å²) in [6.45, 7) is 11.5. The molecule has 0 unspecified atom stereocenters. The lowest BCUT2D eigenvalue weighted by atomic mass is 9.98. The predicted octanol–water partition coefficient (Wildman–Crippen LogP) is 7.06. The van der Waals surface area contributed by atoms with E-state index in [1.807, 2.05) is 29.5 Å². The van der Waals surface area contributed by atoms with E-state index in [0.29, 0.717) is 0 Å². The molecule has 1 aromatic carbocycles. The average Bonchev–Trinajstić information content (AvgIpc) is 2.98. The van der Waals surface area contributed by atoms with Crippen LogP contribution in [0.3, 0.4) is 0 Å². The SMILES string of the molecule is CCCCc1c(C#Cc2ccccc2)sc(C#C[Si](C)(C)C)c1CCCC. The smallest absolute Gasteiger partial charge is 0.126 e. The molecule has 27 heavy (non-hydrogen) atoms. The van der Waals surface area contributed by atoms with Gasteiger partial charge in [0.2, 0.25) is 0 Å². The number of unbranched alkanes of at least 4 members (excludes halogenated alkanes) is 2. The minimum atomic E-state index is -1.39. The normalized spacial score (nSPS) is 10.7. The lowest BCUT2D eigenvalue weighted by Gasteiger charge is -2.06. The van der Waals surface area contributed by atoms with Crippen LogP contribution in [-0.4, -0.2) is 8.07 Å². The molecule has 142 valence electrons. The van der Waals surface area contributed by atoms with Gasteiger partial charge in [0.1, 0.15) is 8.07 Å². The Hall–Kier alpha value is -1.74. The molecule has 0 aliphatic carbocycles. The van der Waals surface area contributed by atoms with Crippen molar-refractivity contribution in [1.82, 2.24) is 0 Å². The van der Waals surface area contributed by atoms with Crippen LogP contribution in [0.4, 0.5) is 0 Å². The van der Waals surface area contributed by atoms with Gasteiger partial charge in [-0.05, 0) is 48.9 Å². The second-order valence-electron chi connectivity index (χ2n) is 8.04. The number of hydrogen-bond acceptors (Lipinski definition) is 1. The van der Waals surface area contributed by atoms with E-state index >= 15 is 0 Å². The molecule has 0 amide bonds. The van der Waals surface area contributed by atoms with E-state index in [4.69, 9.17) is 0 Å². The highest BCUT2D eigenvalue weighted by atomic mass is 32.1. The minimum Gasteiger partial charge on any atom is -0.126 e. The van der Waals surface area contributed by atoms with Crippen molar-refractivity contribution in [2.75, 3.05) is 0 Å². The second kappa shape index (κ2) is 10.6. The summed E-state index contributed by atoms with van der Waals surface area (Å²) in [6, 6.07) is 10.3. The standard InChI is InChI=1S/C25H32SSi/c1-6-8-15-22-23(16-9-7-2)25(19-20-27(3,4)5)26-24(22)18-17-21-13-11-10-12-14-21/h10-14H,6-9,15-16H2,1-5H3. The average molecular weight is 393 g/mol. The Morgan fingerprint density at radius 2 is 1.33 bits per heavy atom. The number of benzene rings is 1. The van der Waals surface area contributed by atoms with Crippen LogP contribution in [0.5, 0.6) is 0 Å². The summed E-state index contributed by atoms with van der Waals surface area (Å²) < 4.78 is 0. The van der Waals surface area contributed by atoms with Gasteiger partial charge in [0.05, 0.1) is 9.75 Å². The molecule has 0 nitrogen and oxygen atoms in total. The van der Waals surface area contributed by atoms with E-state index in [1.54, 1.807) is 0 Å². The first-order chi connectivity index (χ1) is 12.9. The molecular formula is C25H32SSi. The van der Waals surface area contributed by atoms with E-state index in [-0.39, 0.29) is 0 Å². The van der Waals surface area contributed by atoms with Crippen molar-refractivity contribution < 1.29 is 0 Å². The highest BCUT2D eigenvalue weighted by molar-refractivity contribution is 7.13. The minimum absolute atomic E-state index is 1.08. The monoisotopic (exact) mass is 392 g/mol. The Morgan fingerprint density at radius 3 is 1.85 bits per heavy atom. The van der Waals surface area contributed by atoms with Crippen LogP contribution in [0.15, 0.2) is 30.3 Å². The third-order valence-corrected chi connectivity index (χ3v) is 6.30. The number of hydrogen-bond donors (Lipinski definition) is 0. The van der Waals surface area contributed by atoms with Gasteiger partial charge in [0.25, 0.3) is 0 Å². The van der Waals surface area contributed by atoms with E-state index in [1.165, 1.54) is 46.6 Å². The Kier molecular flexibility index (Phi) is 8.43. The summed E-state index contributed by atoms with van der Waals surface area (Å²) in [5, 5.41) is 0. The van der Waals surface area contributed by atoms with Gasteiger partial charge in [-0.25, -0.2) is 0 Å². The maximum Gasteiger partial charge on any atom is 0.129 e. The first kappa shape index (κ1) is 21.6. The Bertz CT molecular complexity index is 845. The van der Waals surface area contributed by atoms with Crippen LogP contribution in [0.1, 0.15) is 66.0 Å². The zero-order valence-electron chi connectivity index (χ0n) is 17.5. The highest BCUT2D eigenvalue weighted by Crippen LogP contribution is 2.31. The van der Waals surface area contributed by atoms with Crippen LogP contribution in [0.25, 0.3) is 0 Å². The van der Waals surface area contributed by atoms with Crippen molar-refractivity contribution in [3.05, 3.63) is 56.8 Å². The topological polar surface area (TPSA) is 0 Å². The fourth-order valence-corrected chi connectivity index (χ4v) is 4.53. The van der Waals surface area contributed by atoms with Gasteiger partial charge in [0.15, 0.2) is 0 Å². The quantitative estimate of drug-likeness (QED) is 0.364. The third-order valence-electron chi connectivity index (χ3n) is 4.32. The second-order valence-corrected chi connectivity index (χ2v) is 13.8. The van der Waals surface area contributed by atoms with Crippen molar-refractivity contribution in [2.24, 2.45) is 0 Å². The molecule has 0 atom stereocenters. The first-order valence-electron chi connectivity index (χ1n) is 10.2. The zero-order valence-corrected chi connectivity index (χ0v) is 19.4. The van der Waals surface area contributed by atoms with Crippen LogP contribution < -0.4 is 0 Å². The molecule has 0 saturated heterocycles. The van der Waals surface area contributed by atoms with Gasteiger partial charge in [-0.1, -0.05) is 82.3 Å². The lowest BCUT2D eigenvalue weighted by Crippen LogP contribution is -2.16. The predicted molar refractivity (Wildman–Crippen MR) is 124 cm³/mol. The first-order valence-corrected chi connectivity index (χ1v) is 14.5. The summed E-state index contributed by atoms with van der Waals surface area (Å²) in [4.78, 5) is 2.51. The molecule has 0 N–H and O–H groups in total. The summed E-state index contributed by atoms with van der Waals surface area (Å²) in [7, 11) is -1.39. The number of thiophene rings is 1. The molecule has 0 spiro atoms. The summed E-state index contributed by atoms with van der Waals surface area (Å²) in [5.74, 6) is 10.4. The molecule has 1 heterocycles. The van der Waals surface area contributed by atoms with Crippen LogP contribution in [0.2, 0.25) is 19.6 Å². The zero-order chi connectivity index (χ0) is 19.7. The Labute approximate surface area is 171 Å². The molecule has 2 rings (SSSR count).